The monoisotopic (exact) mass is 255 g/mol. The van der Waals surface area contributed by atoms with E-state index in [9.17, 15) is 0 Å². The van der Waals surface area contributed by atoms with Gasteiger partial charge in [0.1, 0.15) is 0 Å². The predicted molar refractivity (Wildman–Crippen MR) is 77.7 cm³/mol. The van der Waals surface area contributed by atoms with E-state index in [1.165, 1.54) is 22.5 Å². The number of aromatic nitrogens is 2. The third-order valence-electron chi connectivity index (χ3n) is 4.16. The minimum atomic E-state index is 0.542. The van der Waals surface area contributed by atoms with E-state index < -0.39 is 0 Å². The summed E-state index contributed by atoms with van der Waals surface area (Å²) in [4.78, 5) is 4.36. The maximum atomic E-state index is 4.36. The van der Waals surface area contributed by atoms with Gasteiger partial charge in [-0.3, -0.25) is 0 Å². The number of fused-ring (bicyclic) bond motifs is 1. The molecule has 0 bridgehead atoms. The Kier molecular flexibility index (Phi) is 3.38. The number of hydrogen-bond donors (Lipinski definition) is 1. The first-order valence-corrected chi connectivity index (χ1v) is 7.15. The van der Waals surface area contributed by atoms with Crippen LogP contribution in [0.1, 0.15) is 43.0 Å². The van der Waals surface area contributed by atoms with Gasteiger partial charge in [0.25, 0.3) is 0 Å². The van der Waals surface area contributed by atoms with Crippen LogP contribution in [-0.4, -0.2) is 16.1 Å². The molecule has 1 N–H and O–H groups in total. The molecule has 1 aromatic heterocycles. The quantitative estimate of drug-likeness (QED) is 0.913. The number of rotatable bonds is 3. The SMILES string of the molecule is CCC(C)c1cncn1-c1cccc2c1CCNC2. The predicted octanol–water partition coefficient (Wildman–Crippen LogP) is 3.03. The first-order chi connectivity index (χ1) is 9.31. The summed E-state index contributed by atoms with van der Waals surface area (Å²) in [6.45, 7) is 6.55. The van der Waals surface area contributed by atoms with Crippen molar-refractivity contribution in [3.8, 4) is 5.69 Å². The molecule has 0 fully saturated rings. The Morgan fingerprint density at radius 3 is 3.16 bits per heavy atom. The fraction of sp³-hybridized carbons (Fsp3) is 0.438. The van der Waals surface area contributed by atoms with Crippen LogP contribution in [0.2, 0.25) is 0 Å². The van der Waals surface area contributed by atoms with Crippen LogP contribution in [0.25, 0.3) is 5.69 Å². The Labute approximate surface area is 114 Å². The van der Waals surface area contributed by atoms with Crippen molar-refractivity contribution in [2.75, 3.05) is 6.54 Å². The molecule has 100 valence electrons. The topological polar surface area (TPSA) is 29.9 Å². The van der Waals surface area contributed by atoms with Crippen LogP contribution in [0.3, 0.4) is 0 Å². The van der Waals surface area contributed by atoms with Gasteiger partial charge in [0.15, 0.2) is 0 Å². The molecule has 1 aliphatic heterocycles. The maximum absolute atomic E-state index is 4.36. The van der Waals surface area contributed by atoms with E-state index in [1.54, 1.807) is 0 Å². The van der Waals surface area contributed by atoms with Crippen molar-refractivity contribution in [1.29, 1.82) is 0 Å². The second-order valence-corrected chi connectivity index (χ2v) is 5.34. The molecule has 1 aliphatic rings. The number of imidazole rings is 1. The highest BCUT2D eigenvalue weighted by Crippen LogP contribution is 2.27. The molecule has 0 spiro atoms. The lowest BCUT2D eigenvalue weighted by atomic mass is 9.98. The Morgan fingerprint density at radius 2 is 2.32 bits per heavy atom. The van der Waals surface area contributed by atoms with E-state index in [0.29, 0.717) is 5.92 Å². The molecule has 3 rings (SSSR count). The number of hydrogen-bond acceptors (Lipinski definition) is 2. The summed E-state index contributed by atoms with van der Waals surface area (Å²) < 4.78 is 2.28. The van der Waals surface area contributed by atoms with Crippen LogP contribution in [0.5, 0.6) is 0 Å². The van der Waals surface area contributed by atoms with Gasteiger partial charge in [0.2, 0.25) is 0 Å². The average molecular weight is 255 g/mol. The molecule has 2 heterocycles. The molecule has 0 amide bonds. The zero-order chi connectivity index (χ0) is 13.2. The Morgan fingerprint density at radius 1 is 1.42 bits per heavy atom. The zero-order valence-corrected chi connectivity index (χ0v) is 11.7. The van der Waals surface area contributed by atoms with Crippen LogP contribution >= 0.6 is 0 Å². The fourth-order valence-electron chi connectivity index (χ4n) is 2.82. The third-order valence-corrected chi connectivity index (χ3v) is 4.16. The largest absolute Gasteiger partial charge is 0.312 e. The summed E-state index contributed by atoms with van der Waals surface area (Å²) in [5.74, 6) is 0.542. The van der Waals surface area contributed by atoms with Gasteiger partial charge in [-0.15, -0.1) is 0 Å². The molecule has 0 saturated carbocycles. The van der Waals surface area contributed by atoms with Gasteiger partial charge in [-0.25, -0.2) is 4.98 Å². The first-order valence-electron chi connectivity index (χ1n) is 7.15. The van der Waals surface area contributed by atoms with Crippen molar-refractivity contribution in [3.05, 3.63) is 47.5 Å². The number of benzene rings is 1. The molecule has 1 atom stereocenters. The maximum Gasteiger partial charge on any atom is 0.0994 e. The molecule has 1 aromatic carbocycles. The smallest absolute Gasteiger partial charge is 0.0994 e. The highest BCUT2D eigenvalue weighted by Gasteiger charge is 2.17. The molecule has 0 radical (unpaired) electrons. The first kappa shape index (κ1) is 12.4. The van der Waals surface area contributed by atoms with Crippen molar-refractivity contribution in [1.82, 2.24) is 14.9 Å². The molecular formula is C16H21N3. The Hall–Kier alpha value is -1.61. The van der Waals surface area contributed by atoms with Gasteiger partial charge in [0, 0.05) is 18.4 Å². The third kappa shape index (κ3) is 2.19. The minimum Gasteiger partial charge on any atom is -0.312 e. The van der Waals surface area contributed by atoms with E-state index in [1.807, 2.05) is 12.5 Å². The van der Waals surface area contributed by atoms with Gasteiger partial charge >= 0.3 is 0 Å². The zero-order valence-electron chi connectivity index (χ0n) is 11.7. The minimum absolute atomic E-state index is 0.542. The summed E-state index contributed by atoms with van der Waals surface area (Å²) >= 11 is 0. The summed E-state index contributed by atoms with van der Waals surface area (Å²) in [7, 11) is 0. The Balaban J connectivity index is 2.10. The highest BCUT2D eigenvalue weighted by molar-refractivity contribution is 5.48. The van der Waals surface area contributed by atoms with Crippen LogP contribution in [-0.2, 0) is 13.0 Å². The van der Waals surface area contributed by atoms with Gasteiger partial charge in [-0.1, -0.05) is 26.0 Å². The lowest BCUT2D eigenvalue weighted by Crippen LogP contribution is -2.25. The molecule has 0 saturated heterocycles. The van der Waals surface area contributed by atoms with Gasteiger partial charge in [-0.2, -0.15) is 0 Å². The normalized spacial score (nSPS) is 16.1. The molecular weight excluding hydrogens is 234 g/mol. The highest BCUT2D eigenvalue weighted by atomic mass is 15.1. The average Bonchev–Trinajstić information content (AvgIpc) is 2.95. The van der Waals surface area contributed by atoms with E-state index in [-0.39, 0.29) is 0 Å². The van der Waals surface area contributed by atoms with Crippen molar-refractivity contribution in [2.24, 2.45) is 0 Å². The van der Waals surface area contributed by atoms with Crippen molar-refractivity contribution in [3.63, 3.8) is 0 Å². The van der Waals surface area contributed by atoms with Gasteiger partial charge in [0.05, 0.1) is 12.0 Å². The second-order valence-electron chi connectivity index (χ2n) is 5.34. The summed E-state index contributed by atoms with van der Waals surface area (Å²) in [6.07, 6.45) is 6.21. The van der Waals surface area contributed by atoms with Crippen LogP contribution < -0.4 is 5.32 Å². The van der Waals surface area contributed by atoms with Crippen LogP contribution in [0.4, 0.5) is 0 Å². The number of nitrogens with one attached hydrogen (secondary N) is 1. The van der Waals surface area contributed by atoms with E-state index in [4.69, 9.17) is 0 Å². The fourth-order valence-corrected chi connectivity index (χ4v) is 2.82. The van der Waals surface area contributed by atoms with Crippen molar-refractivity contribution in [2.45, 2.75) is 39.2 Å². The second kappa shape index (κ2) is 5.17. The summed E-state index contributed by atoms with van der Waals surface area (Å²) in [5.41, 5.74) is 5.53. The molecule has 1 unspecified atom stereocenters. The Bertz CT molecular complexity index is 571. The van der Waals surface area contributed by atoms with Crippen molar-refractivity contribution < 1.29 is 0 Å². The summed E-state index contributed by atoms with van der Waals surface area (Å²) in [6, 6.07) is 6.60. The molecule has 0 aliphatic carbocycles. The standard InChI is InChI=1S/C16H21N3/c1-3-12(2)16-10-18-11-19(16)15-6-4-5-13-9-17-8-7-14(13)15/h4-6,10-12,17H,3,7-9H2,1-2H3. The summed E-state index contributed by atoms with van der Waals surface area (Å²) in [5, 5.41) is 3.44. The molecule has 3 heteroatoms. The van der Waals surface area contributed by atoms with E-state index in [0.717, 1.165) is 25.9 Å². The van der Waals surface area contributed by atoms with E-state index >= 15 is 0 Å². The van der Waals surface area contributed by atoms with Crippen LogP contribution in [0, 0.1) is 0 Å². The van der Waals surface area contributed by atoms with E-state index in [2.05, 4.69) is 46.9 Å². The van der Waals surface area contributed by atoms with Crippen molar-refractivity contribution >= 4 is 0 Å². The molecule has 2 aromatic rings. The van der Waals surface area contributed by atoms with Crippen LogP contribution in [0.15, 0.2) is 30.7 Å². The molecule has 19 heavy (non-hydrogen) atoms. The number of nitrogens with zero attached hydrogens (tertiary/aromatic N) is 2. The van der Waals surface area contributed by atoms with Gasteiger partial charge in [-0.05, 0) is 42.5 Å². The lowest BCUT2D eigenvalue weighted by molar-refractivity contribution is 0.636. The lowest BCUT2D eigenvalue weighted by Gasteiger charge is -2.22. The molecule has 3 nitrogen and oxygen atoms in total. The van der Waals surface area contributed by atoms with Gasteiger partial charge < -0.3 is 9.88 Å².